The van der Waals surface area contributed by atoms with E-state index in [-0.39, 0.29) is 5.41 Å². The minimum Gasteiger partial charge on any atom is -0.311 e. The van der Waals surface area contributed by atoms with Gasteiger partial charge in [-0.1, -0.05) is 176 Å². The van der Waals surface area contributed by atoms with Gasteiger partial charge in [-0.05, 0) is 179 Å². The van der Waals surface area contributed by atoms with Gasteiger partial charge in [0.1, 0.15) is 0 Å². The van der Waals surface area contributed by atoms with Crippen molar-refractivity contribution in [2.24, 2.45) is 0 Å². The maximum absolute atomic E-state index is 2.48. The molecule has 0 aromatic heterocycles. The third-order valence-electron chi connectivity index (χ3n) is 15.3. The largest absolute Gasteiger partial charge is 0.311 e. The number of hydrogen-bond acceptors (Lipinski definition) is 2. The third-order valence-corrected chi connectivity index (χ3v) is 15.3. The Morgan fingerprint density at radius 3 is 1.23 bits per heavy atom. The zero-order valence-corrected chi connectivity index (χ0v) is 40.6. The maximum Gasteiger partial charge on any atom is 0.0716 e. The summed E-state index contributed by atoms with van der Waals surface area (Å²) in [5, 5.41) is 2.65. The Morgan fingerprint density at radius 1 is 0.319 bits per heavy atom. The number of hydrogen-bond donors (Lipinski definition) is 0. The molecule has 2 nitrogen and oxygen atoms in total. The highest BCUT2D eigenvalue weighted by atomic mass is 15.1. The summed E-state index contributed by atoms with van der Waals surface area (Å²) in [6.07, 6.45) is 0. The lowest BCUT2D eigenvalue weighted by atomic mass is 9.63. The Morgan fingerprint density at radius 2 is 0.725 bits per heavy atom. The van der Waals surface area contributed by atoms with Gasteiger partial charge >= 0.3 is 0 Å². The van der Waals surface area contributed by atoms with Gasteiger partial charge in [-0.15, -0.1) is 0 Å². The molecule has 2 heteroatoms. The fourth-order valence-electron chi connectivity index (χ4n) is 11.9. The molecule has 69 heavy (non-hydrogen) atoms. The Balaban J connectivity index is 1.14. The summed E-state index contributed by atoms with van der Waals surface area (Å²) >= 11 is 0. The van der Waals surface area contributed by atoms with E-state index in [1.165, 1.54) is 94.2 Å². The smallest absolute Gasteiger partial charge is 0.0716 e. The van der Waals surface area contributed by atoms with E-state index in [1.807, 2.05) is 0 Å². The first-order valence-electron chi connectivity index (χ1n) is 24.4. The second-order valence-corrected chi connectivity index (χ2v) is 20.1. The zero-order valence-electron chi connectivity index (χ0n) is 40.6. The average Bonchev–Trinajstić information content (AvgIpc) is 3.78. The van der Waals surface area contributed by atoms with Crippen LogP contribution in [0.2, 0.25) is 0 Å². The fourth-order valence-corrected chi connectivity index (χ4v) is 11.9. The normalized spacial score (nSPS) is 15.1. The summed E-state index contributed by atoms with van der Waals surface area (Å²) in [5.74, 6) is 0. The van der Waals surface area contributed by atoms with Crippen molar-refractivity contribution in [3.05, 3.63) is 274 Å². The molecule has 2 aliphatic rings. The van der Waals surface area contributed by atoms with Gasteiger partial charge < -0.3 is 9.80 Å². The van der Waals surface area contributed by atoms with Crippen molar-refractivity contribution >= 4 is 44.9 Å². The first kappa shape index (κ1) is 42.4. The number of fused-ring (bicyclic) bond motifs is 9. The minimum atomic E-state index is -0.663. The Bertz CT molecular complexity index is 3540. The SMILES string of the molecule is Cc1ccc(N(c2ccccc2)c2ccc(C3(c4ccc(N(c5ccc(C)cc5)c5ccc(C)cc5)cc4)c4cc(C)ccc4-c4ccc5c(c43)C(C)(C)c3cc(C)c4ccccc4c3-5)cc2)cc1. The highest BCUT2D eigenvalue weighted by Crippen LogP contribution is 2.64. The van der Waals surface area contributed by atoms with Crippen molar-refractivity contribution in [1.29, 1.82) is 0 Å². The van der Waals surface area contributed by atoms with Crippen LogP contribution in [0, 0.1) is 34.6 Å². The summed E-state index contributed by atoms with van der Waals surface area (Å²) < 4.78 is 0. The van der Waals surface area contributed by atoms with Crippen LogP contribution in [0.15, 0.2) is 212 Å². The monoisotopic (exact) mass is 888 g/mol. The number of benzene rings is 10. The van der Waals surface area contributed by atoms with Crippen LogP contribution < -0.4 is 9.80 Å². The number of nitrogens with zero attached hydrogens (tertiary/aromatic N) is 2. The second-order valence-electron chi connectivity index (χ2n) is 20.1. The van der Waals surface area contributed by atoms with E-state index >= 15 is 0 Å². The van der Waals surface area contributed by atoms with E-state index in [1.54, 1.807) is 0 Å². The van der Waals surface area contributed by atoms with Crippen molar-refractivity contribution in [2.45, 2.75) is 59.3 Å². The lowest BCUT2D eigenvalue weighted by Crippen LogP contribution is -2.32. The molecule has 2 aliphatic carbocycles. The Labute approximate surface area is 407 Å². The molecule has 0 amide bonds. The lowest BCUT2D eigenvalue weighted by Gasteiger charge is -2.38. The number of aryl methyl sites for hydroxylation is 5. The lowest BCUT2D eigenvalue weighted by molar-refractivity contribution is 0.633. The fraction of sp³-hybridized carbons (Fsp3) is 0.134. The molecule has 0 radical (unpaired) electrons. The van der Waals surface area contributed by atoms with Crippen LogP contribution in [-0.4, -0.2) is 0 Å². The topological polar surface area (TPSA) is 6.48 Å². The van der Waals surface area contributed by atoms with Gasteiger partial charge in [-0.25, -0.2) is 0 Å². The second kappa shape index (κ2) is 16.1. The van der Waals surface area contributed by atoms with Crippen LogP contribution in [0.4, 0.5) is 34.1 Å². The van der Waals surface area contributed by atoms with Crippen LogP contribution in [0.5, 0.6) is 0 Å². The summed E-state index contributed by atoms with van der Waals surface area (Å²) in [6.45, 7) is 15.9. The highest BCUT2D eigenvalue weighted by Gasteiger charge is 2.52. The summed E-state index contributed by atoms with van der Waals surface area (Å²) in [6, 6.07) is 80.1. The van der Waals surface area contributed by atoms with E-state index in [0.717, 1.165) is 34.1 Å². The average molecular weight is 889 g/mol. The molecular formula is C67H56N2. The molecular weight excluding hydrogens is 833 g/mol. The first-order chi connectivity index (χ1) is 33.5. The molecule has 10 aromatic rings. The molecule has 1 unspecified atom stereocenters. The molecule has 1 atom stereocenters. The molecule has 0 spiro atoms. The van der Waals surface area contributed by atoms with Crippen LogP contribution >= 0.6 is 0 Å². The molecule has 0 saturated heterocycles. The van der Waals surface area contributed by atoms with Gasteiger partial charge in [0.15, 0.2) is 0 Å². The summed E-state index contributed by atoms with van der Waals surface area (Å²) in [7, 11) is 0. The van der Waals surface area contributed by atoms with Crippen LogP contribution in [0.1, 0.15) is 75.0 Å². The highest BCUT2D eigenvalue weighted by molar-refractivity contribution is 6.06. The van der Waals surface area contributed by atoms with Crippen LogP contribution in [0.25, 0.3) is 33.0 Å². The minimum absolute atomic E-state index is 0.295. The van der Waals surface area contributed by atoms with Crippen molar-refractivity contribution < 1.29 is 0 Å². The zero-order chi connectivity index (χ0) is 47.2. The van der Waals surface area contributed by atoms with E-state index in [4.69, 9.17) is 0 Å². The van der Waals surface area contributed by atoms with Crippen LogP contribution in [0.3, 0.4) is 0 Å². The third kappa shape index (κ3) is 6.61. The van der Waals surface area contributed by atoms with Gasteiger partial charge in [0.2, 0.25) is 0 Å². The predicted molar refractivity (Wildman–Crippen MR) is 292 cm³/mol. The quantitative estimate of drug-likeness (QED) is 0.150. The predicted octanol–water partition coefficient (Wildman–Crippen LogP) is 18.0. The Hall–Kier alpha value is -7.94. The standard InChI is InChI=1S/C67H56N2/c1-43-17-28-51(29-18-43)68(50-13-9-8-10-14-50)54-34-24-48(25-35-54)67(49-26-36-55(37-27-49)69(52-30-19-44(2)20-31-52)53-32-21-45(3)22-33-53)61-41-46(4)23-38-57(61)59-39-40-60-63-58-16-12-11-15-56(58)47(5)42-62(63)66(6,7)64(60)65(59)67/h8-42H,1-7H3. The first-order valence-corrected chi connectivity index (χ1v) is 24.4. The summed E-state index contributed by atoms with van der Waals surface area (Å²) in [5.41, 5.74) is 25.4. The van der Waals surface area contributed by atoms with E-state index < -0.39 is 5.41 Å². The number of rotatable bonds is 8. The van der Waals surface area contributed by atoms with Gasteiger partial charge in [-0.3, -0.25) is 0 Å². The van der Waals surface area contributed by atoms with Crippen LogP contribution in [-0.2, 0) is 10.8 Å². The summed E-state index contributed by atoms with van der Waals surface area (Å²) in [4.78, 5) is 4.76. The van der Waals surface area contributed by atoms with Gasteiger partial charge in [0, 0.05) is 39.5 Å². The molecule has 0 saturated carbocycles. The number of anilines is 6. The number of para-hydroxylation sites is 1. The Kier molecular flexibility index (Phi) is 9.90. The molecule has 0 N–H and O–H groups in total. The molecule has 0 aliphatic heterocycles. The molecule has 334 valence electrons. The molecule has 12 rings (SSSR count). The molecule has 10 aromatic carbocycles. The maximum atomic E-state index is 2.48. The van der Waals surface area contributed by atoms with E-state index in [0.29, 0.717) is 0 Å². The molecule has 0 bridgehead atoms. The van der Waals surface area contributed by atoms with Crippen molar-refractivity contribution in [3.63, 3.8) is 0 Å². The van der Waals surface area contributed by atoms with Gasteiger partial charge in [0.25, 0.3) is 0 Å². The van der Waals surface area contributed by atoms with Gasteiger partial charge in [0.05, 0.1) is 5.41 Å². The van der Waals surface area contributed by atoms with Crippen molar-refractivity contribution in [1.82, 2.24) is 0 Å². The van der Waals surface area contributed by atoms with E-state index in [9.17, 15) is 0 Å². The van der Waals surface area contributed by atoms with Crippen molar-refractivity contribution in [2.75, 3.05) is 9.80 Å². The molecule has 0 heterocycles. The molecule has 0 fully saturated rings. The van der Waals surface area contributed by atoms with Gasteiger partial charge in [-0.2, -0.15) is 0 Å². The van der Waals surface area contributed by atoms with Crippen molar-refractivity contribution in [3.8, 4) is 22.3 Å². The van der Waals surface area contributed by atoms with E-state index in [2.05, 4.69) is 271 Å².